The summed E-state index contributed by atoms with van der Waals surface area (Å²) in [5.74, 6) is 1.23. The molecule has 1 aliphatic rings. The fourth-order valence-electron chi connectivity index (χ4n) is 3.95. The Kier molecular flexibility index (Phi) is 13.8. The highest BCUT2D eigenvalue weighted by atomic mass is 16.1. The molecule has 2 aromatic carbocycles. The number of benzene rings is 2. The fourth-order valence-corrected chi connectivity index (χ4v) is 3.95. The van der Waals surface area contributed by atoms with E-state index >= 15 is 0 Å². The molecule has 0 bridgehead atoms. The zero-order valence-electron chi connectivity index (χ0n) is 23.4. The first kappa shape index (κ1) is 29.9. The first-order valence-corrected chi connectivity index (χ1v) is 13.7. The highest BCUT2D eigenvalue weighted by Gasteiger charge is 2.25. The van der Waals surface area contributed by atoms with Crippen LogP contribution in [0.5, 0.6) is 0 Å². The number of Topliss-reactive ketones (excluding diaryl/α,β-unsaturated/α-hetero) is 1. The van der Waals surface area contributed by atoms with Crippen molar-refractivity contribution in [2.24, 2.45) is 5.92 Å². The van der Waals surface area contributed by atoms with E-state index in [-0.39, 0.29) is 0 Å². The lowest BCUT2D eigenvalue weighted by atomic mass is 9.86. The Balaban J connectivity index is 0.000000489. The molecular formula is C33H50O. The van der Waals surface area contributed by atoms with Crippen LogP contribution in [0.25, 0.3) is 16.7 Å². The number of allylic oxidation sites excluding steroid dienone is 1. The fraction of sp³-hybridized carbons (Fsp3) is 0.545. The van der Waals surface area contributed by atoms with Crippen LogP contribution in [0.15, 0.2) is 36.9 Å². The Morgan fingerprint density at radius 3 is 2.06 bits per heavy atom. The summed E-state index contributed by atoms with van der Waals surface area (Å²) in [5.41, 5.74) is 9.69. The summed E-state index contributed by atoms with van der Waals surface area (Å²) >= 11 is 0. The van der Waals surface area contributed by atoms with E-state index in [0.29, 0.717) is 12.2 Å². The number of unbranched alkanes of at least 4 members (excludes halogenated alkanes) is 2. The molecule has 34 heavy (non-hydrogen) atoms. The molecule has 188 valence electrons. The summed E-state index contributed by atoms with van der Waals surface area (Å²) in [6.07, 6.45) is 10.3. The molecule has 0 spiro atoms. The van der Waals surface area contributed by atoms with Gasteiger partial charge in [0.25, 0.3) is 0 Å². The number of carbonyl (C=O) groups excluding carboxylic acids is 1. The SMILES string of the molecule is C=C(C)c1ccc(C)c(-c2c(CCCC)ccc3c2CCC3=O)c1.CCC(C)CC.CCCC. The molecule has 1 aliphatic carbocycles. The molecule has 1 heteroatoms. The van der Waals surface area contributed by atoms with E-state index in [0.717, 1.165) is 29.9 Å². The van der Waals surface area contributed by atoms with Crippen LogP contribution in [0.3, 0.4) is 0 Å². The van der Waals surface area contributed by atoms with Gasteiger partial charge in [-0.25, -0.2) is 0 Å². The standard InChI is InChI=1S/C23H26O.C6H14.C4H10/c1-5-6-7-17-10-11-19-20(12-13-22(19)24)23(17)21-14-18(15(2)3)9-8-16(21)4;1-4-6(3)5-2;1-3-4-2/h8-11,14H,2,5-7,12-13H2,1,3-4H3;6H,4-5H2,1-3H3;3-4H2,1-2H3. The van der Waals surface area contributed by atoms with Crippen molar-refractivity contribution in [2.75, 3.05) is 0 Å². The second-order valence-corrected chi connectivity index (χ2v) is 9.88. The molecule has 3 rings (SSSR count). The lowest BCUT2D eigenvalue weighted by Crippen LogP contribution is -2.00. The quantitative estimate of drug-likeness (QED) is 0.381. The van der Waals surface area contributed by atoms with Crippen LogP contribution in [0, 0.1) is 12.8 Å². The summed E-state index contributed by atoms with van der Waals surface area (Å²) in [5, 5.41) is 0. The third-order valence-electron chi connectivity index (χ3n) is 6.99. The Hall–Kier alpha value is -2.15. The zero-order chi connectivity index (χ0) is 25.7. The number of rotatable bonds is 8. The van der Waals surface area contributed by atoms with Crippen LogP contribution in [-0.2, 0) is 12.8 Å². The topological polar surface area (TPSA) is 17.1 Å². The van der Waals surface area contributed by atoms with Crippen molar-refractivity contribution in [3.05, 3.63) is 64.7 Å². The molecule has 1 nitrogen and oxygen atoms in total. The van der Waals surface area contributed by atoms with Crippen molar-refractivity contribution >= 4 is 11.4 Å². The Morgan fingerprint density at radius 2 is 1.56 bits per heavy atom. The van der Waals surface area contributed by atoms with Gasteiger partial charge < -0.3 is 0 Å². The monoisotopic (exact) mass is 462 g/mol. The summed E-state index contributed by atoms with van der Waals surface area (Å²) in [4.78, 5) is 12.2. The molecule has 0 fully saturated rings. The maximum absolute atomic E-state index is 12.2. The van der Waals surface area contributed by atoms with Crippen LogP contribution >= 0.6 is 0 Å². The van der Waals surface area contributed by atoms with Gasteiger partial charge in [0, 0.05) is 12.0 Å². The number of hydrogen-bond donors (Lipinski definition) is 0. The average Bonchev–Trinajstić information content (AvgIpc) is 3.23. The van der Waals surface area contributed by atoms with E-state index in [4.69, 9.17) is 0 Å². The van der Waals surface area contributed by atoms with Gasteiger partial charge >= 0.3 is 0 Å². The molecule has 0 saturated heterocycles. The molecule has 0 aromatic heterocycles. The molecule has 0 atom stereocenters. The minimum atomic E-state index is 0.294. The first-order chi connectivity index (χ1) is 16.2. The second kappa shape index (κ2) is 15.7. The minimum Gasteiger partial charge on any atom is -0.294 e. The minimum absolute atomic E-state index is 0.294. The van der Waals surface area contributed by atoms with Crippen molar-refractivity contribution < 1.29 is 4.79 Å². The second-order valence-electron chi connectivity index (χ2n) is 9.88. The number of carbonyl (C=O) groups is 1. The summed E-state index contributed by atoms with van der Waals surface area (Å²) in [6.45, 7) is 21.6. The number of aryl methyl sites for hydroxylation is 2. The van der Waals surface area contributed by atoms with E-state index < -0.39 is 0 Å². The lowest BCUT2D eigenvalue weighted by Gasteiger charge is -2.18. The van der Waals surface area contributed by atoms with Gasteiger partial charge in [-0.05, 0) is 78.5 Å². The van der Waals surface area contributed by atoms with Gasteiger partial charge in [-0.3, -0.25) is 4.79 Å². The molecule has 0 radical (unpaired) electrons. The van der Waals surface area contributed by atoms with Gasteiger partial charge in [-0.2, -0.15) is 0 Å². The van der Waals surface area contributed by atoms with E-state index in [2.05, 4.69) is 85.4 Å². The van der Waals surface area contributed by atoms with E-state index in [1.165, 1.54) is 71.9 Å². The smallest absolute Gasteiger partial charge is 0.163 e. The summed E-state index contributed by atoms with van der Waals surface area (Å²) < 4.78 is 0. The third kappa shape index (κ3) is 8.57. The van der Waals surface area contributed by atoms with Crippen molar-refractivity contribution in [3.63, 3.8) is 0 Å². The molecule has 0 amide bonds. The van der Waals surface area contributed by atoms with Crippen LogP contribution in [0.4, 0.5) is 0 Å². The molecule has 0 heterocycles. The Bertz CT molecular complexity index is 912. The molecule has 0 unspecified atom stereocenters. The normalized spacial score (nSPS) is 12.0. The maximum atomic E-state index is 12.2. The van der Waals surface area contributed by atoms with E-state index in [1.807, 2.05) is 6.92 Å². The largest absolute Gasteiger partial charge is 0.294 e. The van der Waals surface area contributed by atoms with Crippen LogP contribution in [0.1, 0.15) is 126 Å². The van der Waals surface area contributed by atoms with Crippen LogP contribution in [0.2, 0.25) is 0 Å². The number of ketones is 1. The van der Waals surface area contributed by atoms with Crippen molar-refractivity contribution in [1.82, 2.24) is 0 Å². The van der Waals surface area contributed by atoms with Crippen molar-refractivity contribution in [2.45, 2.75) is 113 Å². The summed E-state index contributed by atoms with van der Waals surface area (Å²) in [7, 11) is 0. The lowest BCUT2D eigenvalue weighted by molar-refractivity contribution is 0.0994. The van der Waals surface area contributed by atoms with Gasteiger partial charge in [0.15, 0.2) is 5.78 Å². The van der Waals surface area contributed by atoms with Gasteiger partial charge in [0.1, 0.15) is 0 Å². The summed E-state index contributed by atoms with van der Waals surface area (Å²) in [6, 6.07) is 10.8. The molecular weight excluding hydrogens is 412 g/mol. The number of fused-ring (bicyclic) bond motifs is 1. The van der Waals surface area contributed by atoms with Crippen molar-refractivity contribution in [1.29, 1.82) is 0 Å². The Labute approximate surface area is 211 Å². The van der Waals surface area contributed by atoms with Gasteiger partial charge in [-0.15, -0.1) is 0 Å². The average molecular weight is 463 g/mol. The van der Waals surface area contributed by atoms with Crippen molar-refractivity contribution in [3.8, 4) is 11.1 Å². The maximum Gasteiger partial charge on any atom is 0.163 e. The van der Waals surface area contributed by atoms with Crippen LogP contribution < -0.4 is 0 Å². The van der Waals surface area contributed by atoms with E-state index in [1.54, 1.807) is 0 Å². The molecule has 0 N–H and O–H groups in total. The highest BCUT2D eigenvalue weighted by molar-refractivity contribution is 6.03. The van der Waals surface area contributed by atoms with Gasteiger partial charge in [0.2, 0.25) is 0 Å². The molecule has 0 aliphatic heterocycles. The number of hydrogen-bond acceptors (Lipinski definition) is 1. The Morgan fingerprint density at radius 1 is 0.912 bits per heavy atom. The molecule has 2 aromatic rings. The predicted octanol–water partition coefficient (Wildman–Crippen LogP) is 10.4. The molecule has 0 saturated carbocycles. The van der Waals surface area contributed by atoms with Gasteiger partial charge in [0.05, 0.1) is 0 Å². The van der Waals surface area contributed by atoms with Gasteiger partial charge in [-0.1, -0.05) is 110 Å². The first-order valence-electron chi connectivity index (χ1n) is 13.7. The van der Waals surface area contributed by atoms with Crippen LogP contribution in [-0.4, -0.2) is 5.78 Å². The highest BCUT2D eigenvalue weighted by Crippen LogP contribution is 2.38. The predicted molar refractivity (Wildman–Crippen MR) is 153 cm³/mol. The zero-order valence-corrected chi connectivity index (χ0v) is 23.4. The third-order valence-corrected chi connectivity index (χ3v) is 6.99. The van der Waals surface area contributed by atoms with E-state index in [9.17, 15) is 4.79 Å².